The van der Waals surface area contributed by atoms with Gasteiger partial charge in [-0.2, -0.15) is 0 Å². The van der Waals surface area contributed by atoms with Crippen molar-refractivity contribution >= 4 is 29.4 Å². The van der Waals surface area contributed by atoms with Crippen LogP contribution in [0.5, 0.6) is 0 Å². The fraction of sp³-hybridized carbons (Fsp3) is 0.833. The molecule has 0 aromatic rings. The molecule has 0 radical (unpaired) electrons. The second-order valence-corrected chi connectivity index (χ2v) is 14.4. The standard InChI is InChI=1S/C30H47NO6S/c1-7-28(5)15-24(37-25(35)16-38-23-14-20(31-19(4)32)8-9-21(23)33)29(6)17(2)10-12-30(18(3)27(28)36)13-11-22(34)26(29)30/h7,17-18,20-21,23-24,26-27,33,36H,1,8-16H2,2-6H3,(H,31,32)/t17?,18-,20-,21+,23-,24+,26-,27-,28+,29-,30?/m0/s1. The molecule has 38 heavy (non-hydrogen) atoms. The summed E-state index contributed by atoms with van der Waals surface area (Å²) in [4.78, 5) is 38.4. The monoisotopic (exact) mass is 549 g/mol. The van der Waals surface area contributed by atoms with Crippen LogP contribution in [0.2, 0.25) is 0 Å². The third-order valence-electron chi connectivity index (χ3n) is 11.2. The molecule has 0 spiro atoms. The average Bonchev–Trinajstić information content (AvgIpc) is 3.22. The number of ether oxygens (including phenoxy) is 1. The van der Waals surface area contributed by atoms with Crippen LogP contribution in [0.15, 0.2) is 12.7 Å². The Morgan fingerprint density at radius 2 is 1.89 bits per heavy atom. The van der Waals surface area contributed by atoms with Crippen molar-refractivity contribution in [3.05, 3.63) is 12.7 Å². The third-order valence-corrected chi connectivity index (χ3v) is 12.5. The van der Waals surface area contributed by atoms with Crippen LogP contribution in [-0.4, -0.2) is 63.2 Å². The van der Waals surface area contributed by atoms with Crippen LogP contribution in [0, 0.1) is 34.0 Å². The molecule has 4 saturated carbocycles. The number of nitrogens with one attached hydrogen (secondary N) is 1. The first-order valence-corrected chi connectivity index (χ1v) is 15.4. The Hall–Kier alpha value is -1.38. The molecular weight excluding hydrogens is 502 g/mol. The van der Waals surface area contributed by atoms with Gasteiger partial charge in [-0.1, -0.05) is 33.8 Å². The first-order chi connectivity index (χ1) is 17.8. The molecule has 1 amide bonds. The SMILES string of the molecule is C=C[C@]1(C)C[C@@H](OC(=O)CS[C@H]2C[C@@H](NC(C)=O)CC[C@H]2O)[C@]2(C)C(C)CCC3(CCC(=O)[C@H]32)[C@@H](C)[C@@H]1O. The second-order valence-electron chi connectivity index (χ2n) is 13.2. The number of hydrogen-bond acceptors (Lipinski definition) is 7. The van der Waals surface area contributed by atoms with Gasteiger partial charge in [-0.25, -0.2) is 0 Å². The Balaban J connectivity index is 1.57. The number of amides is 1. The van der Waals surface area contributed by atoms with Crippen LogP contribution in [0.4, 0.5) is 0 Å². The fourth-order valence-corrected chi connectivity index (χ4v) is 9.72. The average molecular weight is 550 g/mol. The van der Waals surface area contributed by atoms with Gasteiger partial charge in [-0.15, -0.1) is 18.3 Å². The van der Waals surface area contributed by atoms with Crippen molar-refractivity contribution in [2.45, 2.75) is 116 Å². The second kappa shape index (κ2) is 10.9. The summed E-state index contributed by atoms with van der Waals surface area (Å²) < 4.78 is 6.32. The molecule has 4 aliphatic carbocycles. The van der Waals surface area contributed by atoms with Crippen molar-refractivity contribution in [1.29, 1.82) is 0 Å². The lowest BCUT2D eigenvalue weighted by Crippen LogP contribution is -2.63. The molecule has 0 aliphatic heterocycles. The smallest absolute Gasteiger partial charge is 0.316 e. The van der Waals surface area contributed by atoms with Crippen LogP contribution >= 0.6 is 11.8 Å². The topological polar surface area (TPSA) is 113 Å². The van der Waals surface area contributed by atoms with E-state index >= 15 is 0 Å². The number of thioether (sulfide) groups is 1. The molecule has 0 heterocycles. The summed E-state index contributed by atoms with van der Waals surface area (Å²) in [6.45, 7) is 14.0. The summed E-state index contributed by atoms with van der Waals surface area (Å²) in [5.74, 6) is -0.255. The molecule has 214 valence electrons. The number of hydrogen-bond donors (Lipinski definition) is 3. The van der Waals surface area contributed by atoms with E-state index in [2.05, 4.69) is 32.7 Å². The zero-order valence-corrected chi connectivity index (χ0v) is 24.5. The molecule has 3 N–H and O–H groups in total. The Bertz CT molecular complexity index is 957. The number of aliphatic hydroxyl groups excluding tert-OH is 2. The summed E-state index contributed by atoms with van der Waals surface area (Å²) in [7, 11) is 0. The van der Waals surface area contributed by atoms with Gasteiger partial charge in [-0.3, -0.25) is 14.4 Å². The number of esters is 1. The number of carbonyl (C=O) groups excluding carboxylic acids is 3. The maximum absolute atomic E-state index is 13.5. The maximum Gasteiger partial charge on any atom is 0.316 e. The van der Waals surface area contributed by atoms with Crippen LogP contribution in [-0.2, 0) is 19.1 Å². The zero-order chi connectivity index (χ0) is 28.0. The molecule has 0 aromatic heterocycles. The Kier molecular flexibility index (Phi) is 8.48. The molecule has 0 saturated heterocycles. The van der Waals surface area contributed by atoms with E-state index in [1.165, 1.54) is 18.7 Å². The lowest BCUT2D eigenvalue weighted by molar-refractivity contribution is -0.205. The Labute approximate surface area is 231 Å². The highest BCUT2D eigenvalue weighted by molar-refractivity contribution is 8.00. The first kappa shape index (κ1) is 29.6. The van der Waals surface area contributed by atoms with Crippen molar-refractivity contribution < 1.29 is 29.3 Å². The summed E-state index contributed by atoms with van der Waals surface area (Å²) in [5, 5.41) is 25.0. The highest BCUT2D eigenvalue weighted by atomic mass is 32.2. The van der Waals surface area contributed by atoms with Crippen molar-refractivity contribution in [2.24, 2.45) is 34.0 Å². The minimum atomic E-state index is -0.690. The Morgan fingerprint density at radius 1 is 1.18 bits per heavy atom. The molecule has 8 heteroatoms. The van der Waals surface area contributed by atoms with Gasteiger partial charge in [-0.05, 0) is 62.2 Å². The fourth-order valence-electron chi connectivity index (χ4n) is 8.58. The summed E-state index contributed by atoms with van der Waals surface area (Å²) >= 11 is 1.38. The number of carbonyl (C=O) groups is 3. The molecule has 7 nitrogen and oxygen atoms in total. The van der Waals surface area contributed by atoms with Crippen LogP contribution in [0.3, 0.4) is 0 Å². The van der Waals surface area contributed by atoms with Crippen LogP contribution in [0.25, 0.3) is 0 Å². The number of rotatable bonds is 6. The van der Waals surface area contributed by atoms with Crippen molar-refractivity contribution in [3.8, 4) is 0 Å². The lowest BCUT2D eigenvalue weighted by atomic mass is 9.44. The minimum absolute atomic E-state index is 0.00435. The predicted molar refractivity (Wildman–Crippen MR) is 148 cm³/mol. The van der Waals surface area contributed by atoms with E-state index < -0.39 is 29.1 Å². The molecule has 4 rings (SSSR count). The van der Waals surface area contributed by atoms with Crippen LogP contribution in [0.1, 0.15) is 86.0 Å². The van der Waals surface area contributed by atoms with E-state index in [0.717, 1.165) is 25.7 Å². The van der Waals surface area contributed by atoms with Crippen molar-refractivity contribution in [2.75, 3.05) is 5.75 Å². The van der Waals surface area contributed by atoms with E-state index in [1.807, 2.05) is 13.0 Å². The maximum atomic E-state index is 13.5. The number of ketones is 1. The summed E-state index contributed by atoms with van der Waals surface area (Å²) in [6.07, 6.45) is 5.49. The third kappa shape index (κ3) is 4.98. The zero-order valence-electron chi connectivity index (χ0n) is 23.7. The lowest BCUT2D eigenvalue weighted by Gasteiger charge is -2.61. The van der Waals surface area contributed by atoms with Gasteiger partial charge in [0.15, 0.2) is 0 Å². The molecule has 4 aliphatic rings. The van der Waals surface area contributed by atoms with Gasteiger partial charge in [0.05, 0.1) is 18.0 Å². The van der Waals surface area contributed by atoms with E-state index in [1.54, 1.807) is 0 Å². The normalized spacial score (nSPS) is 46.9. The molecule has 11 atom stereocenters. The van der Waals surface area contributed by atoms with Gasteiger partial charge < -0.3 is 20.3 Å². The Morgan fingerprint density at radius 3 is 2.55 bits per heavy atom. The van der Waals surface area contributed by atoms with E-state index in [4.69, 9.17) is 4.74 Å². The highest BCUT2D eigenvalue weighted by Crippen LogP contribution is 2.68. The van der Waals surface area contributed by atoms with Crippen molar-refractivity contribution in [3.63, 3.8) is 0 Å². The minimum Gasteiger partial charge on any atom is -0.461 e. The predicted octanol–water partition coefficient (Wildman–Crippen LogP) is 4.04. The van der Waals surface area contributed by atoms with Crippen LogP contribution < -0.4 is 5.32 Å². The number of aliphatic hydroxyl groups is 2. The van der Waals surface area contributed by atoms with Gasteiger partial charge in [0.1, 0.15) is 11.9 Å². The highest BCUT2D eigenvalue weighted by Gasteiger charge is 2.68. The molecule has 2 unspecified atom stereocenters. The van der Waals surface area contributed by atoms with Crippen molar-refractivity contribution in [1.82, 2.24) is 5.32 Å². The first-order valence-electron chi connectivity index (χ1n) is 14.4. The molecule has 0 aromatic carbocycles. The van der Waals surface area contributed by atoms with E-state index in [0.29, 0.717) is 25.7 Å². The molecule has 4 fully saturated rings. The molecule has 2 bridgehead atoms. The summed E-state index contributed by atoms with van der Waals surface area (Å²) in [5.41, 5.74) is -1.50. The summed E-state index contributed by atoms with van der Waals surface area (Å²) in [6, 6.07) is -0.00435. The van der Waals surface area contributed by atoms with Gasteiger partial charge in [0.2, 0.25) is 5.91 Å². The van der Waals surface area contributed by atoms with Gasteiger partial charge in [0, 0.05) is 41.4 Å². The number of Topliss-reactive ketones (excluding diaryl/α,β-unsaturated/α-hetero) is 1. The largest absolute Gasteiger partial charge is 0.461 e. The molecular formula is C30H47NO6S. The van der Waals surface area contributed by atoms with Gasteiger partial charge in [0.25, 0.3) is 0 Å². The van der Waals surface area contributed by atoms with E-state index in [9.17, 15) is 24.6 Å². The van der Waals surface area contributed by atoms with Gasteiger partial charge >= 0.3 is 5.97 Å². The van der Waals surface area contributed by atoms with E-state index in [-0.39, 0.29) is 57.9 Å². The quantitative estimate of drug-likeness (QED) is 0.338.